The molecule has 2 aliphatic rings. The van der Waals surface area contributed by atoms with E-state index >= 15 is 0 Å². The van der Waals surface area contributed by atoms with Crippen molar-refractivity contribution in [2.75, 3.05) is 5.32 Å². The van der Waals surface area contributed by atoms with Crippen LogP contribution in [0.1, 0.15) is 42.1 Å². The minimum Gasteiger partial charge on any atom is -0.358 e. The van der Waals surface area contributed by atoms with Crippen LogP contribution < -0.4 is 5.32 Å². The van der Waals surface area contributed by atoms with Crippen LogP contribution in [0.25, 0.3) is 50.3 Å². The molecule has 2 aromatic heterocycles. The average molecular weight is 566 g/mol. The van der Waals surface area contributed by atoms with Crippen LogP contribution in [0.4, 0.5) is 5.82 Å². The summed E-state index contributed by atoms with van der Waals surface area (Å²) in [5, 5.41) is 3.85. The van der Waals surface area contributed by atoms with Gasteiger partial charge in [0.25, 0.3) is 0 Å². The topological polar surface area (TPSA) is 29.3 Å². The van der Waals surface area contributed by atoms with Crippen molar-refractivity contribution in [3.63, 3.8) is 0 Å². The molecule has 1 atom stereocenters. The molecule has 1 unspecified atom stereocenters. The number of hydrogen-bond donors (Lipinski definition) is 1. The Hall–Kier alpha value is -5.41. The number of nitrogens with one attached hydrogen (secondary N) is 1. The van der Waals surface area contributed by atoms with Crippen molar-refractivity contribution in [3.05, 3.63) is 162 Å². The third kappa shape index (κ3) is 3.66. The second kappa shape index (κ2) is 9.29. The lowest BCUT2D eigenvalue weighted by Gasteiger charge is -2.28. The predicted molar refractivity (Wildman–Crippen MR) is 181 cm³/mol. The second-order valence-electron chi connectivity index (χ2n) is 12.5. The number of hydrogen-bond acceptors (Lipinski definition) is 2. The molecule has 0 spiro atoms. The van der Waals surface area contributed by atoms with Gasteiger partial charge in [0.15, 0.2) is 0 Å². The molecule has 1 aliphatic heterocycles. The second-order valence-corrected chi connectivity index (χ2v) is 12.5. The number of imidazole rings is 1. The van der Waals surface area contributed by atoms with E-state index in [4.69, 9.17) is 4.98 Å². The van der Waals surface area contributed by atoms with E-state index in [9.17, 15) is 0 Å². The maximum atomic E-state index is 4.97. The van der Waals surface area contributed by atoms with Crippen LogP contribution in [0.2, 0.25) is 0 Å². The fourth-order valence-corrected chi connectivity index (χ4v) is 7.44. The number of aromatic nitrogens is 2. The highest BCUT2D eigenvalue weighted by Gasteiger charge is 2.35. The summed E-state index contributed by atoms with van der Waals surface area (Å²) in [5.74, 6) is 1.04. The van der Waals surface area contributed by atoms with Crippen molar-refractivity contribution in [2.24, 2.45) is 0 Å². The molecule has 3 nitrogen and oxygen atoms in total. The molecule has 9 rings (SSSR count). The molecule has 3 heterocycles. The van der Waals surface area contributed by atoms with Gasteiger partial charge in [-0.3, -0.25) is 4.40 Å². The Balaban J connectivity index is 1.11. The first-order valence-electron chi connectivity index (χ1n) is 15.3. The summed E-state index contributed by atoms with van der Waals surface area (Å²) in [6.07, 6.45) is 2.08. The lowest BCUT2D eigenvalue weighted by atomic mass is 9.82. The molecule has 0 amide bonds. The third-order valence-electron chi connectivity index (χ3n) is 9.67. The van der Waals surface area contributed by atoms with Gasteiger partial charge in [-0.2, -0.15) is 0 Å². The van der Waals surface area contributed by atoms with Crippen molar-refractivity contribution >= 4 is 11.5 Å². The number of fused-ring (bicyclic) bond motifs is 8. The van der Waals surface area contributed by atoms with Crippen LogP contribution >= 0.6 is 0 Å². The zero-order valence-electron chi connectivity index (χ0n) is 24.8. The first-order valence-corrected chi connectivity index (χ1v) is 15.3. The molecule has 0 saturated heterocycles. The SMILES string of the molecule is CC1(C)c2ccccc2-c2cc(-c3cccc(-c4cccc(C5Nc6c(nc7ccccn67)-c6ccccc65)c4)c3)ccc21. The van der Waals surface area contributed by atoms with Crippen molar-refractivity contribution < 1.29 is 0 Å². The van der Waals surface area contributed by atoms with E-state index in [1.807, 2.05) is 6.07 Å². The highest BCUT2D eigenvalue weighted by Crippen LogP contribution is 2.49. The van der Waals surface area contributed by atoms with E-state index in [2.05, 4.69) is 157 Å². The first-order chi connectivity index (χ1) is 21.6. The lowest BCUT2D eigenvalue weighted by Crippen LogP contribution is -2.19. The maximum Gasteiger partial charge on any atom is 0.139 e. The van der Waals surface area contributed by atoms with Gasteiger partial charge in [0.05, 0.1) is 6.04 Å². The summed E-state index contributed by atoms with van der Waals surface area (Å²) >= 11 is 0. The molecule has 1 N–H and O–H groups in total. The lowest BCUT2D eigenvalue weighted by molar-refractivity contribution is 0.660. The van der Waals surface area contributed by atoms with Crippen molar-refractivity contribution in [1.82, 2.24) is 9.38 Å². The van der Waals surface area contributed by atoms with Crippen LogP contribution in [0.3, 0.4) is 0 Å². The minimum absolute atomic E-state index is 0.0158. The van der Waals surface area contributed by atoms with E-state index in [0.29, 0.717) is 0 Å². The predicted octanol–water partition coefficient (Wildman–Crippen LogP) is 10.2. The highest BCUT2D eigenvalue weighted by molar-refractivity contribution is 5.86. The Bertz CT molecular complexity index is 2250. The summed E-state index contributed by atoms with van der Waals surface area (Å²) in [7, 11) is 0. The normalized spacial score (nSPS) is 15.6. The standard InChI is InChI=1S/C41H31N3/c1-41(2)35-18-6-5-15-31(35)34-25-29(20-21-36(34)41)27-12-9-11-26(23-27)28-13-10-14-30(24-28)38-32-16-3-4-17-33(32)39-40(43-38)44-22-8-7-19-37(44)42-39/h3-25,38,43H,1-2H3. The molecule has 5 aromatic carbocycles. The summed E-state index contributed by atoms with van der Waals surface area (Å²) in [4.78, 5) is 4.97. The van der Waals surface area contributed by atoms with Gasteiger partial charge in [0, 0.05) is 17.2 Å². The summed E-state index contributed by atoms with van der Waals surface area (Å²) in [6, 6.07) is 48.6. The summed E-state index contributed by atoms with van der Waals surface area (Å²) in [6.45, 7) is 4.67. The Morgan fingerprint density at radius 3 is 2.14 bits per heavy atom. The molecule has 0 radical (unpaired) electrons. The van der Waals surface area contributed by atoms with Crippen LogP contribution in [0.5, 0.6) is 0 Å². The molecule has 210 valence electrons. The van der Waals surface area contributed by atoms with E-state index in [-0.39, 0.29) is 11.5 Å². The highest BCUT2D eigenvalue weighted by atomic mass is 15.2. The summed E-state index contributed by atoms with van der Waals surface area (Å²) < 4.78 is 2.15. The Morgan fingerprint density at radius 1 is 0.591 bits per heavy atom. The van der Waals surface area contributed by atoms with Crippen molar-refractivity contribution in [2.45, 2.75) is 25.3 Å². The molecule has 0 saturated carbocycles. The van der Waals surface area contributed by atoms with Gasteiger partial charge in [-0.1, -0.05) is 117 Å². The molecule has 3 heteroatoms. The zero-order valence-corrected chi connectivity index (χ0v) is 24.8. The Labute approximate surface area is 257 Å². The van der Waals surface area contributed by atoms with Gasteiger partial charge in [0.1, 0.15) is 17.2 Å². The number of rotatable bonds is 3. The fourth-order valence-electron chi connectivity index (χ4n) is 7.44. The van der Waals surface area contributed by atoms with Gasteiger partial charge in [-0.25, -0.2) is 4.98 Å². The number of pyridine rings is 1. The monoisotopic (exact) mass is 565 g/mol. The maximum absolute atomic E-state index is 4.97. The largest absolute Gasteiger partial charge is 0.358 e. The molecule has 44 heavy (non-hydrogen) atoms. The molecular formula is C41H31N3. The van der Waals surface area contributed by atoms with Crippen molar-refractivity contribution in [1.29, 1.82) is 0 Å². The van der Waals surface area contributed by atoms with E-state index < -0.39 is 0 Å². The molecule has 0 fully saturated rings. The average Bonchev–Trinajstić information content (AvgIpc) is 3.57. The minimum atomic E-state index is 0.0158. The smallest absolute Gasteiger partial charge is 0.139 e. The summed E-state index contributed by atoms with van der Waals surface area (Å²) in [5.41, 5.74) is 16.0. The molecule has 1 aliphatic carbocycles. The van der Waals surface area contributed by atoms with Gasteiger partial charge >= 0.3 is 0 Å². The number of nitrogens with zero attached hydrogens (tertiary/aromatic N) is 2. The van der Waals surface area contributed by atoms with Crippen LogP contribution in [-0.2, 0) is 5.41 Å². The number of anilines is 1. The van der Waals surface area contributed by atoms with Crippen LogP contribution in [0.15, 0.2) is 140 Å². The fraction of sp³-hybridized carbons (Fsp3) is 0.0976. The van der Waals surface area contributed by atoms with Crippen LogP contribution in [0, 0.1) is 0 Å². The van der Waals surface area contributed by atoms with Gasteiger partial charge in [0.2, 0.25) is 0 Å². The van der Waals surface area contributed by atoms with E-state index in [1.54, 1.807) is 0 Å². The van der Waals surface area contributed by atoms with E-state index in [1.165, 1.54) is 61.2 Å². The third-order valence-corrected chi connectivity index (χ3v) is 9.67. The van der Waals surface area contributed by atoms with Gasteiger partial charge < -0.3 is 5.32 Å². The Kier molecular flexibility index (Phi) is 5.31. The molecule has 0 bridgehead atoms. The number of benzene rings is 5. The first kappa shape index (κ1) is 25.1. The zero-order chi connectivity index (χ0) is 29.4. The van der Waals surface area contributed by atoms with Crippen molar-refractivity contribution in [3.8, 4) is 44.6 Å². The molecular weight excluding hydrogens is 534 g/mol. The van der Waals surface area contributed by atoms with Gasteiger partial charge in [-0.15, -0.1) is 0 Å². The van der Waals surface area contributed by atoms with Crippen LogP contribution in [-0.4, -0.2) is 9.38 Å². The molecule has 7 aromatic rings. The van der Waals surface area contributed by atoms with E-state index in [0.717, 1.165) is 17.2 Å². The quantitative estimate of drug-likeness (QED) is 0.231. The van der Waals surface area contributed by atoms with Gasteiger partial charge in [-0.05, 0) is 86.0 Å². The Morgan fingerprint density at radius 2 is 1.27 bits per heavy atom.